The van der Waals surface area contributed by atoms with Gasteiger partial charge in [0.15, 0.2) is 5.82 Å². The van der Waals surface area contributed by atoms with Crippen molar-refractivity contribution in [2.45, 2.75) is 6.42 Å². The molecular formula is C12H15BrFNO3. The van der Waals surface area contributed by atoms with Crippen molar-refractivity contribution in [2.24, 2.45) is 0 Å². The van der Waals surface area contributed by atoms with Gasteiger partial charge in [0, 0.05) is 27.3 Å². The third-order valence-electron chi connectivity index (χ3n) is 2.55. The summed E-state index contributed by atoms with van der Waals surface area (Å²) in [5, 5.41) is 8.87. The highest BCUT2D eigenvalue weighted by atomic mass is 79.9. The molecule has 4 nitrogen and oxygen atoms in total. The van der Waals surface area contributed by atoms with Crippen LogP contribution in [0.15, 0.2) is 16.6 Å². The number of aromatic carboxylic acids is 1. The molecule has 18 heavy (non-hydrogen) atoms. The average molecular weight is 320 g/mol. The smallest absolute Gasteiger partial charge is 0.336 e. The number of ether oxygens (including phenoxy) is 1. The van der Waals surface area contributed by atoms with Crippen LogP contribution in [0, 0.1) is 5.82 Å². The van der Waals surface area contributed by atoms with Gasteiger partial charge in [-0.25, -0.2) is 9.18 Å². The fourth-order valence-electron chi connectivity index (χ4n) is 1.57. The predicted molar refractivity (Wildman–Crippen MR) is 70.8 cm³/mol. The summed E-state index contributed by atoms with van der Waals surface area (Å²) in [7, 11) is 3.36. The minimum atomic E-state index is -1.16. The van der Waals surface area contributed by atoms with Crippen molar-refractivity contribution in [1.29, 1.82) is 0 Å². The Morgan fingerprint density at radius 1 is 1.56 bits per heavy atom. The summed E-state index contributed by atoms with van der Waals surface area (Å²) in [5.41, 5.74) is 0.282. The Balaban J connectivity index is 2.90. The highest BCUT2D eigenvalue weighted by Gasteiger charge is 2.17. The molecule has 0 heterocycles. The number of nitrogens with zero attached hydrogens (tertiary/aromatic N) is 1. The molecule has 0 aliphatic heterocycles. The number of carboxylic acid groups (broad SMARTS) is 1. The van der Waals surface area contributed by atoms with E-state index in [4.69, 9.17) is 9.84 Å². The molecule has 0 saturated heterocycles. The number of carboxylic acids is 1. The largest absolute Gasteiger partial charge is 0.478 e. The van der Waals surface area contributed by atoms with Crippen LogP contribution in [0.1, 0.15) is 16.8 Å². The van der Waals surface area contributed by atoms with Crippen LogP contribution in [0.2, 0.25) is 0 Å². The summed E-state index contributed by atoms with van der Waals surface area (Å²) < 4.78 is 18.9. The molecule has 0 aromatic heterocycles. The molecule has 100 valence electrons. The Morgan fingerprint density at radius 2 is 2.22 bits per heavy atom. The first kappa shape index (κ1) is 14.9. The summed E-state index contributed by atoms with van der Waals surface area (Å²) in [6.07, 6.45) is 0.769. The van der Waals surface area contributed by atoms with Gasteiger partial charge in [0.1, 0.15) is 0 Å². The lowest BCUT2D eigenvalue weighted by Gasteiger charge is -2.20. The van der Waals surface area contributed by atoms with Crippen LogP contribution in [0.4, 0.5) is 10.1 Å². The zero-order chi connectivity index (χ0) is 13.7. The third kappa shape index (κ3) is 3.43. The van der Waals surface area contributed by atoms with E-state index in [-0.39, 0.29) is 10.0 Å². The second-order valence-electron chi connectivity index (χ2n) is 3.83. The first-order valence-electron chi connectivity index (χ1n) is 5.40. The van der Waals surface area contributed by atoms with E-state index in [0.717, 1.165) is 6.42 Å². The number of methoxy groups -OCH3 is 1. The van der Waals surface area contributed by atoms with E-state index >= 15 is 0 Å². The fraction of sp³-hybridized carbons (Fsp3) is 0.417. The minimum absolute atomic E-state index is 0.0221. The molecular weight excluding hydrogens is 305 g/mol. The van der Waals surface area contributed by atoms with Gasteiger partial charge in [0.25, 0.3) is 0 Å². The summed E-state index contributed by atoms with van der Waals surface area (Å²) in [6.45, 7) is 1.23. The van der Waals surface area contributed by atoms with Crippen LogP contribution < -0.4 is 4.90 Å². The lowest BCUT2D eigenvalue weighted by molar-refractivity contribution is 0.0695. The molecule has 0 unspecified atom stereocenters. The van der Waals surface area contributed by atoms with E-state index in [2.05, 4.69) is 15.9 Å². The number of hydrogen-bond acceptors (Lipinski definition) is 3. The van der Waals surface area contributed by atoms with Gasteiger partial charge >= 0.3 is 5.97 Å². The van der Waals surface area contributed by atoms with Crippen molar-refractivity contribution in [3.05, 3.63) is 28.0 Å². The van der Waals surface area contributed by atoms with Gasteiger partial charge in [-0.3, -0.25) is 0 Å². The van der Waals surface area contributed by atoms with E-state index in [1.807, 2.05) is 0 Å². The van der Waals surface area contributed by atoms with Gasteiger partial charge in [-0.05, 0) is 34.5 Å². The molecule has 0 radical (unpaired) electrons. The van der Waals surface area contributed by atoms with E-state index in [0.29, 0.717) is 18.8 Å². The quantitative estimate of drug-likeness (QED) is 0.819. The predicted octanol–water partition coefficient (Wildman–Crippen LogP) is 2.76. The van der Waals surface area contributed by atoms with Crippen LogP contribution in [0.25, 0.3) is 0 Å². The van der Waals surface area contributed by atoms with Gasteiger partial charge < -0.3 is 14.7 Å². The topological polar surface area (TPSA) is 49.8 Å². The molecule has 0 aliphatic carbocycles. The Kier molecular flexibility index (Phi) is 5.55. The molecule has 0 saturated carbocycles. The molecule has 6 heteroatoms. The van der Waals surface area contributed by atoms with Gasteiger partial charge in [-0.1, -0.05) is 0 Å². The monoisotopic (exact) mass is 319 g/mol. The normalized spacial score (nSPS) is 10.4. The molecule has 0 bridgehead atoms. The molecule has 1 aromatic rings. The second-order valence-corrected chi connectivity index (χ2v) is 4.63. The van der Waals surface area contributed by atoms with Crippen LogP contribution in [0.5, 0.6) is 0 Å². The number of carbonyl (C=O) groups is 1. The molecule has 0 spiro atoms. The lowest BCUT2D eigenvalue weighted by Crippen LogP contribution is -2.21. The maximum absolute atomic E-state index is 14.0. The molecule has 0 amide bonds. The Morgan fingerprint density at radius 3 is 2.78 bits per heavy atom. The zero-order valence-electron chi connectivity index (χ0n) is 10.2. The highest BCUT2D eigenvalue weighted by Crippen LogP contribution is 2.29. The van der Waals surface area contributed by atoms with Crippen LogP contribution >= 0.6 is 15.9 Å². The number of anilines is 1. The fourth-order valence-corrected chi connectivity index (χ4v) is 2.07. The SMILES string of the molecule is COCCCN(C)c1ccc(C(=O)O)c(Br)c1F. The van der Waals surface area contributed by atoms with E-state index < -0.39 is 11.8 Å². The number of benzene rings is 1. The summed E-state index contributed by atoms with van der Waals surface area (Å²) in [4.78, 5) is 12.6. The summed E-state index contributed by atoms with van der Waals surface area (Å²) in [5.74, 6) is -1.72. The van der Waals surface area contributed by atoms with Crippen molar-refractivity contribution in [3.63, 3.8) is 0 Å². The number of halogens is 2. The Labute approximate surface area is 113 Å². The van der Waals surface area contributed by atoms with Crippen LogP contribution in [-0.2, 0) is 4.74 Å². The molecule has 0 atom stereocenters. The maximum atomic E-state index is 14.0. The van der Waals surface area contributed by atoms with Crippen molar-refractivity contribution in [2.75, 3.05) is 32.2 Å². The van der Waals surface area contributed by atoms with Gasteiger partial charge in [-0.2, -0.15) is 0 Å². The van der Waals surface area contributed by atoms with Gasteiger partial charge in [0.2, 0.25) is 0 Å². The van der Waals surface area contributed by atoms with Crippen molar-refractivity contribution >= 4 is 27.6 Å². The van der Waals surface area contributed by atoms with Crippen LogP contribution in [0.3, 0.4) is 0 Å². The second kappa shape index (κ2) is 6.70. The summed E-state index contributed by atoms with van der Waals surface area (Å²) in [6, 6.07) is 2.86. The standard InChI is InChI=1S/C12H15BrFNO3/c1-15(6-3-7-18-2)9-5-4-8(12(16)17)10(13)11(9)14/h4-5H,3,6-7H2,1-2H3,(H,16,17). The Bertz CT molecular complexity index is 440. The average Bonchev–Trinajstić information content (AvgIpc) is 2.32. The number of hydrogen-bond donors (Lipinski definition) is 1. The highest BCUT2D eigenvalue weighted by molar-refractivity contribution is 9.10. The molecule has 1 aromatic carbocycles. The minimum Gasteiger partial charge on any atom is -0.478 e. The molecule has 0 aliphatic rings. The van der Waals surface area contributed by atoms with E-state index in [9.17, 15) is 9.18 Å². The Hall–Kier alpha value is -1.14. The lowest BCUT2D eigenvalue weighted by atomic mass is 10.2. The first-order chi connectivity index (χ1) is 8.49. The van der Waals surface area contributed by atoms with Crippen molar-refractivity contribution in [1.82, 2.24) is 0 Å². The number of rotatable bonds is 6. The molecule has 1 rings (SSSR count). The van der Waals surface area contributed by atoms with Gasteiger partial charge in [0.05, 0.1) is 15.7 Å². The van der Waals surface area contributed by atoms with Crippen molar-refractivity contribution < 1.29 is 19.0 Å². The van der Waals surface area contributed by atoms with Gasteiger partial charge in [-0.15, -0.1) is 0 Å². The maximum Gasteiger partial charge on any atom is 0.336 e. The van der Waals surface area contributed by atoms with Crippen molar-refractivity contribution in [3.8, 4) is 0 Å². The first-order valence-corrected chi connectivity index (χ1v) is 6.19. The molecule has 1 N–H and O–H groups in total. The zero-order valence-corrected chi connectivity index (χ0v) is 11.8. The summed E-state index contributed by atoms with van der Waals surface area (Å²) >= 11 is 2.97. The van der Waals surface area contributed by atoms with Crippen LogP contribution in [-0.4, -0.2) is 38.4 Å². The molecule has 0 fully saturated rings. The van der Waals surface area contributed by atoms with E-state index in [1.54, 1.807) is 19.1 Å². The third-order valence-corrected chi connectivity index (χ3v) is 3.32. The van der Waals surface area contributed by atoms with E-state index in [1.165, 1.54) is 12.1 Å².